The topological polar surface area (TPSA) is 108 Å². The number of nitrogens with zero attached hydrogens (tertiary/aromatic N) is 5. The summed E-state index contributed by atoms with van der Waals surface area (Å²) in [5, 5.41) is 23.0. The minimum absolute atomic E-state index is 0.0335. The zero-order valence-electron chi connectivity index (χ0n) is 17.7. The molecule has 2 atom stereocenters. The van der Waals surface area contributed by atoms with E-state index in [1.165, 1.54) is 6.42 Å². The minimum atomic E-state index is -0.438. The number of halogens is 2. The monoisotopic (exact) mass is 568 g/mol. The Morgan fingerprint density at radius 1 is 1.25 bits per heavy atom. The third-order valence-corrected chi connectivity index (χ3v) is 8.45. The molecule has 2 unspecified atom stereocenters. The van der Waals surface area contributed by atoms with Crippen LogP contribution < -0.4 is 5.32 Å². The van der Waals surface area contributed by atoms with Gasteiger partial charge < -0.3 is 15.4 Å². The summed E-state index contributed by atoms with van der Waals surface area (Å²) in [6, 6.07) is 0. The van der Waals surface area contributed by atoms with Crippen molar-refractivity contribution in [3.63, 3.8) is 0 Å². The molecule has 2 aromatic rings. The molecule has 11 heteroatoms. The van der Waals surface area contributed by atoms with Crippen LogP contribution in [0.3, 0.4) is 0 Å². The first kappa shape index (κ1) is 22.1. The zero-order valence-corrected chi connectivity index (χ0v) is 20.8. The minimum Gasteiger partial charge on any atom is -0.358 e. The highest BCUT2D eigenvalue weighted by molar-refractivity contribution is 9.10. The number of hydrogen-bond acceptors (Lipinski definition) is 5. The number of carbonyl (C=O) groups is 1. The van der Waals surface area contributed by atoms with Crippen LogP contribution >= 0.6 is 31.9 Å². The van der Waals surface area contributed by atoms with Gasteiger partial charge in [-0.25, -0.2) is 0 Å². The Hall–Kier alpha value is -1.75. The van der Waals surface area contributed by atoms with E-state index in [0.717, 1.165) is 49.5 Å². The van der Waals surface area contributed by atoms with Gasteiger partial charge in [-0.3, -0.25) is 9.48 Å². The maximum atomic E-state index is 12.9. The van der Waals surface area contributed by atoms with Crippen molar-refractivity contribution in [1.82, 2.24) is 24.9 Å². The fourth-order valence-corrected chi connectivity index (χ4v) is 7.67. The largest absolute Gasteiger partial charge is 0.404 e. The van der Waals surface area contributed by atoms with Crippen molar-refractivity contribution < 1.29 is 9.72 Å². The van der Waals surface area contributed by atoms with Gasteiger partial charge in [0.25, 0.3) is 0 Å². The lowest BCUT2D eigenvalue weighted by molar-refractivity contribution is -0.390. The Labute approximate surface area is 202 Å². The summed E-state index contributed by atoms with van der Waals surface area (Å²) in [4.78, 5) is 23.8. The molecule has 1 amide bonds. The van der Waals surface area contributed by atoms with Crippen LogP contribution in [-0.4, -0.2) is 36.9 Å². The first-order valence-corrected chi connectivity index (χ1v) is 12.7. The second kappa shape index (κ2) is 8.23. The van der Waals surface area contributed by atoms with Crippen LogP contribution in [-0.2, 0) is 16.9 Å². The van der Waals surface area contributed by atoms with Gasteiger partial charge in [-0.1, -0.05) is 0 Å². The van der Waals surface area contributed by atoms with Crippen molar-refractivity contribution in [3.05, 3.63) is 37.7 Å². The average Bonchev–Trinajstić information content (AvgIpc) is 3.29. The molecule has 4 aliphatic carbocycles. The number of aryl methyl sites for hydroxylation is 1. The number of hydrogen-bond donors (Lipinski definition) is 1. The van der Waals surface area contributed by atoms with E-state index in [4.69, 9.17) is 0 Å². The summed E-state index contributed by atoms with van der Waals surface area (Å²) in [5.41, 5.74) is -0.247. The third-order valence-electron chi connectivity index (χ3n) is 7.49. The van der Waals surface area contributed by atoms with Gasteiger partial charge in [0.05, 0.1) is 27.5 Å². The normalized spacial score (nSPS) is 30.6. The second-order valence-corrected chi connectivity index (χ2v) is 11.8. The molecular formula is C21H26Br2N6O3. The molecule has 4 saturated carbocycles. The summed E-state index contributed by atoms with van der Waals surface area (Å²) >= 11 is 6.70. The zero-order chi connectivity index (χ0) is 22.5. The predicted molar refractivity (Wildman–Crippen MR) is 124 cm³/mol. The van der Waals surface area contributed by atoms with Crippen molar-refractivity contribution in [1.29, 1.82) is 0 Å². The summed E-state index contributed by atoms with van der Waals surface area (Å²) < 4.78 is 5.09. The number of nitrogens with one attached hydrogen (secondary N) is 1. The van der Waals surface area contributed by atoms with Crippen molar-refractivity contribution in [3.8, 4) is 0 Å². The van der Waals surface area contributed by atoms with E-state index in [9.17, 15) is 14.9 Å². The van der Waals surface area contributed by atoms with Crippen LogP contribution in [0.15, 0.2) is 27.5 Å². The molecular weight excluding hydrogens is 544 g/mol. The molecule has 0 aliphatic heterocycles. The maximum absolute atomic E-state index is 12.9. The van der Waals surface area contributed by atoms with Gasteiger partial charge in [0.2, 0.25) is 5.91 Å². The molecule has 32 heavy (non-hydrogen) atoms. The summed E-state index contributed by atoms with van der Waals surface area (Å²) in [6.07, 6.45) is 13.0. The highest BCUT2D eigenvalue weighted by Gasteiger charge is 2.60. The molecule has 9 nitrogen and oxygen atoms in total. The summed E-state index contributed by atoms with van der Waals surface area (Å²) in [6.45, 7) is 1.39. The molecule has 172 valence electrons. The smallest absolute Gasteiger partial charge is 0.358 e. The van der Waals surface area contributed by atoms with Gasteiger partial charge in [-0.05, 0) is 99.0 Å². The highest BCUT2D eigenvalue weighted by atomic mass is 79.9. The number of nitro groups is 1. The van der Waals surface area contributed by atoms with E-state index < -0.39 is 4.92 Å². The van der Waals surface area contributed by atoms with Crippen LogP contribution in [0.4, 0.5) is 5.82 Å². The van der Waals surface area contributed by atoms with Crippen LogP contribution in [0.1, 0.15) is 51.4 Å². The van der Waals surface area contributed by atoms with E-state index in [2.05, 4.69) is 47.4 Å². The highest BCUT2D eigenvalue weighted by Crippen LogP contribution is 2.65. The SMILES string of the molecule is O=C(CC12CC3CC(C1)CC(n1cc(Br)c([N+](=O)[O-])n1)(C3)C2)NCCCn1cc(Br)cn1. The molecule has 1 N–H and O–H groups in total. The Morgan fingerprint density at radius 2 is 2.00 bits per heavy atom. The van der Waals surface area contributed by atoms with Crippen LogP contribution in [0.2, 0.25) is 0 Å². The van der Waals surface area contributed by atoms with Crippen molar-refractivity contribution in [2.45, 2.75) is 63.5 Å². The van der Waals surface area contributed by atoms with E-state index in [0.29, 0.717) is 29.3 Å². The number of rotatable bonds is 8. The molecule has 2 aromatic heterocycles. The molecule has 2 heterocycles. The van der Waals surface area contributed by atoms with Crippen molar-refractivity contribution >= 4 is 43.6 Å². The fraction of sp³-hybridized carbons (Fsp3) is 0.667. The molecule has 0 saturated heterocycles. The Balaban J connectivity index is 1.25. The lowest BCUT2D eigenvalue weighted by atomic mass is 9.46. The van der Waals surface area contributed by atoms with Gasteiger partial charge in [0, 0.05) is 25.7 Å². The van der Waals surface area contributed by atoms with E-state index in [1.807, 2.05) is 15.6 Å². The molecule has 6 rings (SSSR count). The number of carbonyl (C=O) groups excluding carboxylic acids is 1. The molecule has 4 aliphatic rings. The first-order valence-electron chi connectivity index (χ1n) is 11.1. The van der Waals surface area contributed by atoms with Crippen LogP contribution in [0.25, 0.3) is 0 Å². The standard InChI is InChI=1S/C21H26Br2N6O3/c22-16-10-25-27(11-16)3-1-2-24-18(30)9-20-5-14-4-15(6-20)8-21(7-14,13-20)28-12-17(23)19(26-28)29(31)32/h10-12,14-15H,1-9,13H2,(H,24,30). The Kier molecular flexibility index (Phi) is 5.68. The maximum Gasteiger partial charge on any atom is 0.404 e. The van der Waals surface area contributed by atoms with Gasteiger partial charge in [0.15, 0.2) is 0 Å². The molecule has 4 fully saturated rings. The van der Waals surface area contributed by atoms with E-state index >= 15 is 0 Å². The number of aromatic nitrogens is 4. The second-order valence-electron chi connectivity index (χ2n) is 9.99. The van der Waals surface area contributed by atoms with Crippen LogP contribution in [0.5, 0.6) is 0 Å². The van der Waals surface area contributed by atoms with Gasteiger partial charge in [-0.15, -0.1) is 0 Å². The van der Waals surface area contributed by atoms with Gasteiger partial charge >= 0.3 is 5.82 Å². The van der Waals surface area contributed by atoms with E-state index in [1.54, 1.807) is 12.4 Å². The summed E-state index contributed by atoms with van der Waals surface area (Å²) in [7, 11) is 0. The molecule has 0 radical (unpaired) electrons. The van der Waals surface area contributed by atoms with E-state index in [-0.39, 0.29) is 22.7 Å². The third kappa shape index (κ3) is 4.13. The Bertz CT molecular complexity index is 1040. The Morgan fingerprint density at radius 3 is 2.62 bits per heavy atom. The number of amides is 1. The van der Waals surface area contributed by atoms with Crippen molar-refractivity contribution in [2.24, 2.45) is 17.3 Å². The first-order chi connectivity index (χ1) is 15.3. The molecule has 0 spiro atoms. The quantitative estimate of drug-likeness (QED) is 0.288. The lowest BCUT2D eigenvalue weighted by Crippen LogP contribution is -2.57. The average molecular weight is 570 g/mol. The summed E-state index contributed by atoms with van der Waals surface area (Å²) in [5.74, 6) is 1.10. The fourth-order valence-electron chi connectivity index (χ4n) is 6.92. The van der Waals surface area contributed by atoms with Crippen molar-refractivity contribution in [2.75, 3.05) is 6.54 Å². The van der Waals surface area contributed by atoms with Crippen LogP contribution in [0, 0.1) is 27.4 Å². The molecule has 0 aromatic carbocycles. The predicted octanol–water partition coefficient (Wildman–Crippen LogP) is 4.40. The lowest BCUT2D eigenvalue weighted by Gasteiger charge is -2.61. The molecule has 4 bridgehead atoms. The van der Waals surface area contributed by atoms with Gasteiger partial charge in [0.1, 0.15) is 4.47 Å². The van der Waals surface area contributed by atoms with Gasteiger partial charge in [-0.2, -0.15) is 9.78 Å².